The van der Waals surface area contributed by atoms with Crippen LogP contribution in [0.2, 0.25) is 0 Å². The Balaban J connectivity index is 1.64. The predicted octanol–water partition coefficient (Wildman–Crippen LogP) is 0.562. The fraction of sp³-hybridized carbons (Fsp3) is 0.462. The van der Waals surface area contributed by atoms with Gasteiger partial charge in [0.15, 0.2) is 17.5 Å². The van der Waals surface area contributed by atoms with Crippen molar-refractivity contribution in [1.82, 2.24) is 4.90 Å². The Kier molecular flexibility index (Phi) is 3.41. The standard InChI is InChI=1S/C13H17N3O3/c14-13(16-3-5-17-6-4-16)15-8-10-1-2-11-12(7-10)19-9-18-11/h1-2,7H,3-6,8-9H2,(H2,14,15). The van der Waals surface area contributed by atoms with Crippen LogP contribution in [0.1, 0.15) is 5.56 Å². The van der Waals surface area contributed by atoms with Crippen LogP contribution in [0.5, 0.6) is 11.5 Å². The van der Waals surface area contributed by atoms with Gasteiger partial charge in [0, 0.05) is 13.1 Å². The number of hydrogen-bond acceptors (Lipinski definition) is 4. The van der Waals surface area contributed by atoms with Crippen molar-refractivity contribution in [2.24, 2.45) is 10.7 Å². The molecule has 0 radical (unpaired) electrons. The van der Waals surface area contributed by atoms with E-state index < -0.39 is 0 Å². The van der Waals surface area contributed by atoms with Crippen LogP contribution in [0.3, 0.4) is 0 Å². The Bertz CT molecular complexity index is 484. The van der Waals surface area contributed by atoms with Gasteiger partial charge in [-0.1, -0.05) is 6.07 Å². The highest BCUT2D eigenvalue weighted by atomic mass is 16.7. The zero-order valence-corrected chi connectivity index (χ0v) is 10.7. The minimum Gasteiger partial charge on any atom is -0.454 e. The fourth-order valence-electron chi connectivity index (χ4n) is 2.10. The molecule has 0 bridgehead atoms. The van der Waals surface area contributed by atoms with Gasteiger partial charge in [0.25, 0.3) is 0 Å². The van der Waals surface area contributed by atoms with E-state index in [9.17, 15) is 0 Å². The lowest BCUT2D eigenvalue weighted by Gasteiger charge is -2.27. The molecule has 0 spiro atoms. The average Bonchev–Trinajstić information content (AvgIpc) is 2.93. The van der Waals surface area contributed by atoms with E-state index >= 15 is 0 Å². The zero-order chi connectivity index (χ0) is 13.1. The summed E-state index contributed by atoms with van der Waals surface area (Å²) < 4.78 is 15.9. The first-order valence-electron chi connectivity index (χ1n) is 6.34. The van der Waals surface area contributed by atoms with E-state index in [2.05, 4.69) is 4.99 Å². The molecule has 0 aromatic heterocycles. The Morgan fingerprint density at radius 1 is 1.21 bits per heavy atom. The summed E-state index contributed by atoms with van der Waals surface area (Å²) >= 11 is 0. The monoisotopic (exact) mass is 263 g/mol. The number of ether oxygens (including phenoxy) is 3. The minimum atomic E-state index is 0.290. The summed E-state index contributed by atoms with van der Waals surface area (Å²) in [5.74, 6) is 2.13. The number of nitrogens with zero attached hydrogens (tertiary/aromatic N) is 2. The molecular weight excluding hydrogens is 246 g/mol. The molecule has 0 amide bonds. The molecule has 6 heteroatoms. The van der Waals surface area contributed by atoms with Crippen molar-refractivity contribution in [3.63, 3.8) is 0 Å². The first kappa shape index (κ1) is 12.1. The van der Waals surface area contributed by atoms with E-state index in [-0.39, 0.29) is 6.79 Å². The summed E-state index contributed by atoms with van der Waals surface area (Å²) in [5, 5.41) is 0. The molecule has 0 atom stereocenters. The first-order valence-corrected chi connectivity index (χ1v) is 6.34. The van der Waals surface area contributed by atoms with E-state index in [0.717, 1.165) is 30.2 Å². The van der Waals surface area contributed by atoms with Gasteiger partial charge < -0.3 is 24.8 Å². The second kappa shape index (κ2) is 5.36. The quantitative estimate of drug-likeness (QED) is 0.624. The van der Waals surface area contributed by atoms with Crippen molar-refractivity contribution in [2.75, 3.05) is 33.1 Å². The molecule has 102 valence electrons. The highest BCUT2D eigenvalue weighted by molar-refractivity contribution is 5.78. The van der Waals surface area contributed by atoms with Gasteiger partial charge in [-0.05, 0) is 17.7 Å². The second-order valence-corrected chi connectivity index (χ2v) is 4.46. The first-order chi connectivity index (χ1) is 9.33. The molecule has 0 unspecified atom stereocenters. The molecule has 2 aliphatic heterocycles. The third-order valence-corrected chi connectivity index (χ3v) is 3.20. The number of guanidine groups is 1. The summed E-state index contributed by atoms with van der Waals surface area (Å²) in [7, 11) is 0. The van der Waals surface area contributed by atoms with Crippen molar-refractivity contribution in [2.45, 2.75) is 6.54 Å². The molecule has 1 aromatic carbocycles. The zero-order valence-electron chi connectivity index (χ0n) is 10.7. The molecule has 2 N–H and O–H groups in total. The highest BCUT2D eigenvalue weighted by Crippen LogP contribution is 2.32. The average molecular weight is 263 g/mol. The number of benzene rings is 1. The van der Waals surface area contributed by atoms with E-state index in [1.54, 1.807) is 0 Å². The second-order valence-electron chi connectivity index (χ2n) is 4.46. The van der Waals surface area contributed by atoms with Gasteiger partial charge in [0.2, 0.25) is 6.79 Å². The summed E-state index contributed by atoms with van der Waals surface area (Å²) in [5.41, 5.74) is 7.03. The summed E-state index contributed by atoms with van der Waals surface area (Å²) in [6.07, 6.45) is 0. The van der Waals surface area contributed by atoms with Crippen LogP contribution in [0, 0.1) is 0 Å². The number of hydrogen-bond donors (Lipinski definition) is 1. The van der Waals surface area contributed by atoms with E-state index in [1.165, 1.54) is 0 Å². The Morgan fingerprint density at radius 2 is 2.00 bits per heavy atom. The van der Waals surface area contributed by atoms with Crippen molar-refractivity contribution >= 4 is 5.96 Å². The van der Waals surface area contributed by atoms with Crippen LogP contribution in [0.15, 0.2) is 23.2 Å². The van der Waals surface area contributed by atoms with Crippen LogP contribution in [0.25, 0.3) is 0 Å². The van der Waals surface area contributed by atoms with E-state index in [4.69, 9.17) is 19.9 Å². The third-order valence-electron chi connectivity index (χ3n) is 3.20. The van der Waals surface area contributed by atoms with Crippen LogP contribution < -0.4 is 15.2 Å². The van der Waals surface area contributed by atoms with Gasteiger partial charge in [-0.3, -0.25) is 0 Å². The highest BCUT2D eigenvalue weighted by Gasteiger charge is 2.14. The van der Waals surface area contributed by atoms with E-state index in [1.807, 2.05) is 23.1 Å². The van der Waals surface area contributed by atoms with Gasteiger partial charge in [-0.15, -0.1) is 0 Å². The van der Waals surface area contributed by atoms with Crippen molar-refractivity contribution in [3.05, 3.63) is 23.8 Å². The fourth-order valence-corrected chi connectivity index (χ4v) is 2.10. The molecule has 0 saturated carbocycles. The molecular formula is C13H17N3O3. The molecule has 2 heterocycles. The number of aliphatic imine (C=N–C) groups is 1. The van der Waals surface area contributed by atoms with Crippen LogP contribution in [-0.2, 0) is 11.3 Å². The van der Waals surface area contributed by atoms with Gasteiger partial charge in [-0.2, -0.15) is 0 Å². The van der Waals surface area contributed by atoms with Crippen LogP contribution in [0.4, 0.5) is 0 Å². The predicted molar refractivity (Wildman–Crippen MR) is 70.3 cm³/mol. The number of nitrogens with two attached hydrogens (primary N) is 1. The largest absolute Gasteiger partial charge is 0.454 e. The van der Waals surface area contributed by atoms with Crippen LogP contribution >= 0.6 is 0 Å². The Hall–Kier alpha value is -1.95. The SMILES string of the molecule is NC(=NCc1ccc2c(c1)OCO2)N1CCOCC1. The van der Waals surface area contributed by atoms with Crippen molar-refractivity contribution in [3.8, 4) is 11.5 Å². The molecule has 6 nitrogen and oxygen atoms in total. The summed E-state index contributed by atoms with van der Waals surface area (Å²) in [4.78, 5) is 6.45. The van der Waals surface area contributed by atoms with Gasteiger partial charge in [0.05, 0.1) is 19.8 Å². The molecule has 1 aromatic rings. The van der Waals surface area contributed by atoms with Gasteiger partial charge >= 0.3 is 0 Å². The smallest absolute Gasteiger partial charge is 0.231 e. The maximum absolute atomic E-state index is 5.97. The molecule has 2 aliphatic rings. The minimum absolute atomic E-state index is 0.290. The van der Waals surface area contributed by atoms with Crippen molar-refractivity contribution in [1.29, 1.82) is 0 Å². The van der Waals surface area contributed by atoms with E-state index in [0.29, 0.717) is 25.7 Å². The summed E-state index contributed by atoms with van der Waals surface area (Å²) in [6, 6.07) is 5.82. The Labute approximate surface area is 111 Å². The maximum atomic E-state index is 5.97. The molecule has 19 heavy (non-hydrogen) atoms. The Morgan fingerprint density at radius 3 is 2.84 bits per heavy atom. The molecule has 1 saturated heterocycles. The molecule has 1 fully saturated rings. The number of fused-ring (bicyclic) bond motifs is 1. The molecule has 0 aliphatic carbocycles. The maximum Gasteiger partial charge on any atom is 0.231 e. The number of morpholine rings is 1. The lowest BCUT2D eigenvalue weighted by Crippen LogP contribution is -2.44. The third kappa shape index (κ3) is 2.73. The lowest BCUT2D eigenvalue weighted by molar-refractivity contribution is 0.0674. The molecule has 3 rings (SSSR count). The normalized spacial score (nSPS) is 18.7. The topological polar surface area (TPSA) is 69.3 Å². The number of rotatable bonds is 2. The van der Waals surface area contributed by atoms with Crippen molar-refractivity contribution < 1.29 is 14.2 Å². The van der Waals surface area contributed by atoms with Gasteiger partial charge in [0.1, 0.15) is 0 Å². The van der Waals surface area contributed by atoms with Gasteiger partial charge in [-0.25, -0.2) is 4.99 Å². The lowest BCUT2D eigenvalue weighted by atomic mass is 10.2. The summed E-state index contributed by atoms with van der Waals surface area (Å²) in [6.45, 7) is 3.85. The van der Waals surface area contributed by atoms with Crippen LogP contribution in [-0.4, -0.2) is 44.0 Å².